The Labute approximate surface area is 343 Å². The summed E-state index contributed by atoms with van der Waals surface area (Å²) in [6.07, 6.45) is -2.32. The maximum atomic E-state index is 11.4. The van der Waals surface area contributed by atoms with Crippen LogP contribution in [0, 0.1) is 0 Å². The van der Waals surface area contributed by atoms with Crippen LogP contribution in [0.25, 0.3) is 11.2 Å². The van der Waals surface area contributed by atoms with Crippen LogP contribution in [-0.4, -0.2) is 69.0 Å². The van der Waals surface area contributed by atoms with E-state index in [1.807, 2.05) is 89.2 Å². The van der Waals surface area contributed by atoms with Gasteiger partial charge in [0, 0.05) is 0 Å². The number of ether oxygens (including phenoxy) is 4. The van der Waals surface area contributed by atoms with Gasteiger partial charge in [0.2, 0.25) is 0 Å². The van der Waals surface area contributed by atoms with Crippen molar-refractivity contribution in [3.8, 4) is 0 Å². The highest BCUT2D eigenvalue weighted by atomic mass is 35.5. The van der Waals surface area contributed by atoms with Crippen molar-refractivity contribution in [1.82, 2.24) is 19.5 Å². The van der Waals surface area contributed by atoms with Crippen LogP contribution in [0.2, 0.25) is 21.8 Å². The van der Waals surface area contributed by atoms with Crippen LogP contribution in [0.3, 0.4) is 0 Å². The third-order valence-corrected chi connectivity index (χ3v) is 19.1. The summed E-state index contributed by atoms with van der Waals surface area (Å²) in [6, 6.07) is 31.0. The Kier molecular flexibility index (Phi) is 11.3. The van der Waals surface area contributed by atoms with Gasteiger partial charge < -0.3 is 18.9 Å². The predicted octanol–water partition coefficient (Wildman–Crippen LogP) is 9.79. The van der Waals surface area contributed by atoms with Crippen molar-refractivity contribution in [2.75, 3.05) is 11.7 Å². The monoisotopic (exact) mass is 811 g/mol. The van der Waals surface area contributed by atoms with Crippen molar-refractivity contribution in [3.63, 3.8) is 0 Å². The van der Waals surface area contributed by atoms with E-state index in [9.17, 15) is 5.21 Å². The molecule has 0 saturated carbocycles. The minimum absolute atomic E-state index is 0.0790. The normalized spacial score (nSPS) is 21.3. The molecule has 2 saturated heterocycles. The van der Waals surface area contributed by atoms with Crippen LogP contribution in [0.5, 0.6) is 0 Å². The standard InChI is InChI=1S/C45H58ClN5O5Si/c1-28(2)57(29(3)4,30(5)6)42-47-35-38(46)48-41(51(52)43(7,8)9)49-39(35)50(42)40-37-36(55-44(10,11)56-37)34(54-40)27-53-45(31-21-15-12-16-22-31,32-23-17-13-18-24-32)33-25-19-14-20-26-33/h12-26,28-30,34,36-37,40,52H,27H2,1-11H3/t34-,36-,37-,40-/m1/s1. The molecule has 0 unspecified atom stereocenters. The van der Waals surface area contributed by atoms with Crippen molar-refractivity contribution in [3.05, 3.63) is 113 Å². The Balaban J connectivity index is 1.41. The average molecular weight is 813 g/mol. The summed E-state index contributed by atoms with van der Waals surface area (Å²) >= 11 is 7.03. The molecular formula is C45H58ClN5O5Si. The van der Waals surface area contributed by atoms with Gasteiger partial charge in [-0.3, -0.25) is 9.77 Å². The number of hydrogen-bond acceptors (Lipinski definition) is 9. The van der Waals surface area contributed by atoms with Crippen molar-refractivity contribution in [2.45, 2.75) is 134 Å². The molecule has 7 rings (SSSR count). The summed E-state index contributed by atoms with van der Waals surface area (Å²) in [4.78, 5) is 15.0. The third kappa shape index (κ3) is 7.13. The van der Waals surface area contributed by atoms with Gasteiger partial charge in [0.25, 0.3) is 5.95 Å². The molecule has 2 aliphatic rings. The average Bonchev–Trinajstić information content (AvgIpc) is 3.80. The maximum absolute atomic E-state index is 11.4. The lowest BCUT2D eigenvalue weighted by atomic mass is 9.80. The van der Waals surface area contributed by atoms with Crippen LogP contribution < -0.4 is 10.5 Å². The van der Waals surface area contributed by atoms with Gasteiger partial charge in [-0.1, -0.05) is 144 Å². The summed E-state index contributed by atoms with van der Waals surface area (Å²) in [6.45, 7) is 23.5. The molecule has 4 atom stereocenters. The molecule has 2 aliphatic heterocycles. The fourth-order valence-electron chi connectivity index (χ4n) is 9.62. The predicted molar refractivity (Wildman–Crippen MR) is 228 cm³/mol. The first-order chi connectivity index (χ1) is 26.9. The van der Waals surface area contributed by atoms with E-state index >= 15 is 0 Å². The summed E-state index contributed by atoms with van der Waals surface area (Å²) in [5.41, 5.74) is 4.04. The fourth-order valence-corrected chi connectivity index (χ4v) is 16.3. The molecule has 5 aromatic rings. The molecule has 1 N–H and O–H groups in total. The van der Waals surface area contributed by atoms with Crippen LogP contribution in [0.15, 0.2) is 91.0 Å². The first-order valence-corrected chi connectivity index (χ1v) is 22.8. The van der Waals surface area contributed by atoms with E-state index in [2.05, 4.69) is 87.5 Å². The second-order valence-corrected chi connectivity index (χ2v) is 24.0. The molecule has 0 aliphatic carbocycles. The number of aromatic nitrogens is 4. The smallest absolute Gasteiger partial charge is 0.253 e. The molecule has 0 bridgehead atoms. The first kappa shape index (κ1) is 41.5. The van der Waals surface area contributed by atoms with Gasteiger partial charge in [-0.25, -0.2) is 10.0 Å². The van der Waals surface area contributed by atoms with E-state index < -0.39 is 49.5 Å². The maximum Gasteiger partial charge on any atom is 0.253 e. The number of halogens is 1. The van der Waals surface area contributed by atoms with Gasteiger partial charge in [0.1, 0.15) is 37.5 Å². The molecule has 2 fully saturated rings. The molecule has 0 amide bonds. The molecule has 0 spiro atoms. The van der Waals surface area contributed by atoms with E-state index in [4.69, 9.17) is 40.5 Å². The van der Waals surface area contributed by atoms with Gasteiger partial charge in [-0.15, -0.1) is 0 Å². The first-order valence-electron chi connectivity index (χ1n) is 20.2. The van der Waals surface area contributed by atoms with E-state index in [0.717, 1.165) is 27.2 Å². The number of benzene rings is 3. The van der Waals surface area contributed by atoms with Crippen molar-refractivity contribution >= 4 is 42.2 Å². The SMILES string of the molecule is CC(C)[Si](c1nc2c(Cl)nc(N(O)C(C)(C)C)nc2n1[C@@H]1O[C@H](COC(c2ccccc2)(c2ccccc2)c2ccccc2)[C@H]2OC(C)(C)O[C@H]21)(C(C)C)C(C)C. The van der Waals surface area contributed by atoms with Gasteiger partial charge in [-0.05, 0) is 67.9 Å². The van der Waals surface area contributed by atoms with Gasteiger partial charge in [0.15, 0.2) is 22.8 Å². The van der Waals surface area contributed by atoms with Crippen LogP contribution >= 0.6 is 11.6 Å². The molecule has 0 radical (unpaired) electrons. The summed E-state index contributed by atoms with van der Waals surface area (Å²) in [5.74, 6) is -0.828. The molecular weight excluding hydrogens is 754 g/mol. The lowest BCUT2D eigenvalue weighted by Gasteiger charge is -2.43. The van der Waals surface area contributed by atoms with E-state index in [1.165, 1.54) is 0 Å². The summed E-state index contributed by atoms with van der Waals surface area (Å²) in [7, 11) is -2.54. The molecule has 10 nitrogen and oxygen atoms in total. The lowest BCUT2D eigenvalue weighted by molar-refractivity contribution is -0.204. The highest BCUT2D eigenvalue weighted by Crippen LogP contribution is 2.48. The van der Waals surface area contributed by atoms with Gasteiger partial charge in [-0.2, -0.15) is 9.97 Å². The second-order valence-electron chi connectivity index (χ2n) is 17.9. The number of fused-ring (bicyclic) bond motifs is 2. The second kappa shape index (κ2) is 15.5. The van der Waals surface area contributed by atoms with E-state index in [-0.39, 0.29) is 17.7 Å². The highest BCUT2D eigenvalue weighted by molar-refractivity contribution is 6.94. The van der Waals surface area contributed by atoms with Crippen LogP contribution in [0.1, 0.15) is 99.1 Å². The molecule has 304 valence electrons. The molecule has 2 aromatic heterocycles. The zero-order valence-corrected chi connectivity index (χ0v) is 36.9. The molecule has 12 heteroatoms. The number of nitrogens with zero attached hydrogens (tertiary/aromatic N) is 5. The van der Waals surface area contributed by atoms with Crippen LogP contribution in [0.4, 0.5) is 5.95 Å². The Bertz CT molecular complexity index is 2040. The molecule has 3 aromatic carbocycles. The molecule has 57 heavy (non-hydrogen) atoms. The number of hydrogen-bond donors (Lipinski definition) is 1. The Morgan fingerprint density at radius 3 is 1.70 bits per heavy atom. The van der Waals surface area contributed by atoms with E-state index in [0.29, 0.717) is 27.8 Å². The minimum atomic E-state index is -2.54. The van der Waals surface area contributed by atoms with E-state index in [1.54, 1.807) is 0 Å². The number of rotatable bonds is 12. The zero-order valence-electron chi connectivity index (χ0n) is 35.1. The zero-order chi connectivity index (χ0) is 41.1. The topological polar surface area (TPSA) is 104 Å². The largest absolute Gasteiger partial charge is 0.358 e. The number of imidazole rings is 1. The van der Waals surface area contributed by atoms with Gasteiger partial charge in [0.05, 0.1) is 17.6 Å². The lowest BCUT2D eigenvalue weighted by Crippen LogP contribution is -2.60. The minimum Gasteiger partial charge on any atom is -0.358 e. The third-order valence-electron chi connectivity index (χ3n) is 11.9. The number of anilines is 1. The van der Waals surface area contributed by atoms with Crippen LogP contribution in [-0.2, 0) is 24.5 Å². The van der Waals surface area contributed by atoms with Crippen molar-refractivity contribution in [2.24, 2.45) is 0 Å². The van der Waals surface area contributed by atoms with Crippen molar-refractivity contribution in [1.29, 1.82) is 0 Å². The Hall–Kier alpha value is -3.68. The summed E-state index contributed by atoms with van der Waals surface area (Å²) in [5, 5.41) is 12.6. The van der Waals surface area contributed by atoms with Gasteiger partial charge >= 0.3 is 0 Å². The van der Waals surface area contributed by atoms with Crippen molar-refractivity contribution < 1.29 is 24.2 Å². The quantitative estimate of drug-likeness (QED) is 0.0571. The Morgan fingerprint density at radius 2 is 1.25 bits per heavy atom. The summed E-state index contributed by atoms with van der Waals surface area (Å²) < 4.78 is 30.3. The molecule has 4 heterocycles. The fraction of sp³-hybridized carbons (Fsp3) is 0.489. The number of hydroxylamine groups is 1. The highest BCUT2D eigenvalue weighted by Gasteiger charge is 2.59. The Morgan fingerprint density at radius 1 is 0.772 bits per heavy atom.